The van der Waals surface area contributed by atoms with E-state index in [1.807, 2.05) is 20.8 Å². The van der Waals surface area contributed by atoms with Gasteiger partial charge >= 0.3 is 5.69 Å². The second kappa shape index (κ2) is 4.71. The lowest BCUT2D eigenvalue weighted by molar-refractivity contribution is 0.623. The maximum absolute atomic E-state index is 10.9. The van der Waals surface area contributed by atoms with Crippen molar-refractivity contribution in [2.75, 3.05) is 0 Å². The Morgan fingerprint density at radius 3 is 2.27 bits per heavy atom. The van der Waals surface area contributed by atoms with Crippen LogP contribution in [0.4, 0.5) is 0 Å². The summed E-state index contributed by atoms with van der Waals surface area (Å²) in [5.74, 6) is 0. The average molecular weight is 157 g/mol. The Balaban J connectivity index is 0.000000461. The van der Waals surface area contributed by atoms with Gasteiger partial charge in [-0.2, -0.15) is 5.10 Å². The van der Waals surface area contributed by atoms with Gasteiger partial charge in [0.25, 0.3) is 0 Å². The minimum atomic E-state index is -0.0579. The molecule has 4 nitrogen and oxygen atoms in total. The van der Waals surface area contributed by atoms with E-state index in [4.69, 9.17) is 0 Å². The van der Waals surface area contributed by atoms with Crippen LogP contribution in [0, 0.1) is 0 Å². The molecule has 0 aliphatic carbocycles. The molecule has 11 heavy (non-hydrogen) atoms. The van der Waals surface area contributed by atoms with Crippen molar-refractivity contribution in [2.24, 2.45) is 7.05 Å². The van der Waals surface area contributed by atoms with Gasteiger partial charge in [0.05, 0.1) is 0 Å². The van der Waals surface area contributed by atoms with Gasteiger partial charge in [0.15, 0.2) is 0 Å². The average Bonchev–Trinajstić information content (AvgIpc) is 2.37. The van der Waals surface area contributed by atoms with Gasteiger partial charge in [0.2, 0.25) is 0 Å². The minimum Gasteiger partial charge on any atom is -0.285 e. The molecule has 0 spiro atoms. The predicted molar refractivity (Wildman–Crippen MR) is 44.5 cm³/mol. The third kappa shape index (κ3) is 2.22. The highest BCUT2D eigenvalue weighted by molar-refractivity contribution is 4.63. The van der Waals surface area contributed by atoms with Crippen LogP contribution in [0.2, 0.25) is 0 Å². The van der Waals surface area contributed by atoms with Crippen molar-refractivity contribution >= 4 is 0 Å². The number of aromatic nitrogens is 3. The minimum absolute atomic E-state index is 0.0579. The first kappa shape index (κ1) is 9.94. The molecule has 0 saturated heterocycles. The van der Waals surface area contributed by atoms with Crippen LogP contribution in [-0.4, -0.2) is 14.3 Å². The van der Waals surface area contributed by atoms with E-state index in [9.17, 15) is 4.79 Å². The molecule has 0 aromatic carbocycles. The molecular formula is C7H15N3O. The Labute approximate surface area is 66.5 Å². The molecule has 1 aromatic rings. The summed E-state index contributed by atoms with van der Waals surface area (Å²) in [4.78, 5) is 10.9. The van der Waals surface area contributed by atoms with Gasteiger partial charge in [-0.25, -0.2) is 9.48 Å². The summed E-state index contributed by atoms with van der Waals surface area (Å²) in [7, 11) is 1.68. The largest absolute Gasteiger partial charge is 0.345 e. The van der Waals surface area contributed by atoms with Crippen LogP contribution in [0.3, 0.4) is 0 Å². The van der Waals surface area contributed by atoms with E-state index >= 15 is 0 Å². The fourth-order valence-electron chi connectivity index (χ4n) is 0.638. The van der Waals surface area contributed by atoms with Gasteiger partial charge in [-0.05, 0) is 6.92 Å². The van der Waals surface area contributed by atoms with E-state index in [0.29, 0.717) is 6.54 Å². The van der Waals surface area contributed by atoms with Crippen LogP contribution in [0.15, 0.2) is 11.1 Å². The molecule has 4 heteroatoms. The lowest BCUT2D eigenvalue weighted by atomic mass is 10.8. The molecule has 0 bridgehead atoms. The Kier molecular flexibility index (Phi) is 4.26. The summed E-state index contributed by atoms with van der Waals surface area (Å²) >= 11 is 0. The van der Waals surface area contributed by atoms with Crippen LogP contribution in [-0.2, 0) is 13.6 Å². The summed E-state index contributed by atoms with van der Waals surface area (Å²) in [5, 5.41) is 3.80. The van der Waals surface area contributed by atoms with E-state index in [1.54, 1.807) is 7.05 Å². The van der Waals surface area contributed by atoms with Crippen molar-refractivity contribution in [3.8, 4) is 0 Å². The zero-order valence-electron chi connectivity index (χ0n) is 7.53. The molecule has 0 aliphatic heterocycles. The highest BCUT2D eigenvalue weighted by Gasteiger charge is 1.94. The van der Waals surface area contributed by atoms with Gasteiger partial charge in [-0.15, -0.1) is 0 Å². The molecule has 0 atom stereocenters. The molecule has 0 N–H and O–H groups in total. The number of rotatable bonds is 1. The van der Waals surface area contributed by atoms with Crippen molar-refractivity contribution in [1.82, 2.24) is 14.3 Å². The lowest BCUT2D eigenvalue weighted by Gasteiger charge is -1.86. The molecule has 0 unspecified atom stereocenters. The maximum atomic E-state index is 10.9. The zero-order chi connectivity index (χ0) is 8.85. The molecular weight excluding hydrogens is 142 g/mol. The fourth-order valence-corrected chi connectivity index (χ4v) is 0.638. The summed E-state index contributed by atoms with van der Waals surface area (Å²) in [5.41, 5.74) is -0.0579. The van der Waals surface area contributed by atoms with Gasteiger partial charge in [-0.3, -0.25) is 4.57 Å². The van der Waals surface area contributed by atoms with Crippen molar-refractivity contribution in [3.05, 3.63) is 16.8 Å². The normalized spacial score (nSPS) is 8.73. The van der Waals surface area contributed by atoms with E-state index in [0.717, 1.165) is 0 Å². The Hall–Kier alpha value is -1.06. The Bertz CT molecular complexity index is 248. The molecule has 0 fully saturated rings. The second-order valence-corrected chi connectivity index (χ2v) is 1.84. The van der Waals surface area contributed by atoms with Crippen molar-refractivity contribution in [2.45, 2.75) is 27.3 Å². The molecule has 0 amide bonds. The summed E-state index contributed by atoms with van der Waals surface area (Å²) < 4.78 is 2.85. The van der Waals surface area contributed by atoms with Crippen LogP contribution < -0.4 is 5.69 Å². The lowest BCUT2D eigenvalue weighted by Crippen LogP contribution is -2.21. The molecule has 0 saturated carbocycles. The van der Waals surface area contributed by atoms with Gasteiger partial charge in [0.1, 0.15) is 6.33 Å². The van der Waals surface area contributed by atoms with E-state index in [2.05, 4.69) is 5.10 Å². The monoisotopic (exact) mass is 157 g/mol. The highest BCUT2D eigenvalue weighted by Crippen LogP contribution is 1.71. The Morgan fingerprint density at radius 1 is 1.55 bits per heavy atom. The Morgan fingerprint density at radius 2 is 2.09 bits per heavy atom. The maximum Gasteiger partial charge on any atom is 0.345 e. The van der Waals surface area contributed by atoms with Crippen molar-refractivity contribution in [1.29, 1.82) is 0 Å². The first-order valence-electron chi connectivity index (χ1n) is 3.84. The van der Waals surface area contributed by atoms with Gasteiger partial charge in [0, 0.05) is 13.6 Å². The van der Waals surface area contributed by atoms with Crippen molar-refractivity contribution < 1.29 is 0 Å². The smallest absolute Gasteiger partial charge is 0.285 e. The fraction of sp³-hybridized carbons (Fsp3) is 0.714. The quantitative estimate of drug-likeness (QED) is 0.599. The summed E-state index contributed by atoms with van der Waals surface area (Å²) in [6.07, 6.45) is 1.51. The molecule has 64 valence electrons. The van der Waals surface area contributed by atoms with Crippen LogP contribution >= 0.6 is 0 Å². The third-order valence-corrected chi connectivity index (χ3v) is 1.19. The summed E-state index contributed by atoms with van der Waals surface area (Å²) in [6, 6.07) is 0. The van der Waals surface area contributed by atoms with Crippen LogP contribution in [0.25, 0.3) is 0 Å². The standard InChI is InChI=1S/C5H9N3O.C2H6/c1-3-8-5(9)7(2)4-6-8;1-2/h4H,3H2,1-2H3;1-2H3. The SMILES string of the molecule is CC.CCn1ncn(C)c1=O. The summed E-state index contributed by atoms with van der Waals surface area (Å²) in [6.45, 7) is 6.52. The topological polar surface area (TPSA) is 39.8 Å². The third-order valence-electron chi connectivity index (χ3n) is 1.19. The number of aryl methyl sites for hydroxylation is 2. The highest BCUT2D eigenvalue weighted by atomic mass is 16.2. The zero-order valence-corrected chi connectivity index (χ0v) is 7.53. The van der Waals surface area contributed by atoms with Crippen LogP contribution in [0.5, 0.6) is 0 Å². The molecule has 1 aromatic heterocycles. The first-order chi connectivity index (χ1) is 5.25. The first-order valence-corrected chi connectivity index (χ1v) is 3.84. The molecule has 0 radical (unpaired) electrons. The molecule has 1 heterocycles. The van der Waals surface area contributed by atoms with E-state index < -0.39 is 0 Å². The second-order valence-electron chi connectivity index (χ2n) is 1.84. The number of nitrogens with zero attached hydrogens (tertiary/aromatic N) is 3. The van der Waals surface area contributed by atoms with Gasteiger partial charge < -0.3 is 0 Å². The van der Waals surface area contributed by atoms with E-state index in [-0.39, 0.29) is 5.69 Å². The predicted octanol–water partition coefficient (Wildman–Crippen LogP) is 0.628. The van der Waals surface area contributed by atoms with Crippen LogP contribution in [0.1, 0.15) is 20.8 Å². The van der Waals surface area contributed by atoms with Gasteiger partial charge in [-0.1, -0.05) is 13.8 Å². The number of hydrogen-bond acceptors (Lipinski definition) is 2. The molecule has 1 rings (SSSR count). The van der Waals surface area contributed by atoms with Crippen molar-refractivity contribution in [3.63, 3.8) is 0 Å². The number of hydrogen-bond donors (Lipinski definition) is 0. The van der Waals surface area contributed by atoms with E-state index in [1.165, 1.54) is 15.6 Å². The molecule has 0 aliphatic rings.